The minimum Gasteiger partial charge on any atom is -0.383 e. The largest absolute Gasteiger partial charge is 0.383 e. The maximum Gasteiger partial charge on any atom is 0.0894 e. The molecular weight excluding hydrogens is 250 g/mol. The van der Waals surface area contributed by atoms with Crippen LogP contribution in [0.5, 0.6) is 0 Å². The molecule has 1 heterocycles. The summed E-state index contributed by atoms with van der Waals surface area (Å²) in [6.07, 6.45) is 4.93. The van der Waals surface area contributed by atoms with Crippen LogP contribution in [-0.2, 0) is 4.74 Å². The van der Waals surface area contributed by atoms with E-state index in [1.807, 2.05) is 30.5 Å². The molecule has 20 heavy (non-hydrogen) atoms. The summed E-state index contributed by atoms with van der Waals surface area (Å²) in [5.74, 6) is 0. The Bertz CT molecular complexity index is 581. The molecule has 0 atom stereocenters. The number of aromatic nitrogens is 2. The number of para-hydroxylation sites is 2. The van der Waals surface area contributed by atoms with Crippen LogP contribution in [0.15, 0.2) is 36.0 Å². The van der Waals surface area contributed by atoms with Gasteiger partial charge in [0.2, 0.25) is 0 Å². The maximum atomic E-state index is 5.02. The summed E-state index contributed by atoms with van der Waals surface area (Å²) >= 11 is 0. The molecule has 0 saturated carbocycles. The quantitative estimate of drug-likeness (QED) is 0.786. The van der Waals surface area contributed by atoms with Crippen LogP contribution in [0, 0.1) is 0 Å². The molecule has 1 N–H and O–H groups in total. The normalized spacial score (nSPS) is 12.0. The average molecular weight is 271 g/mol. The summed E-state index contributed by atoms with van der Waals surface area (Å²) in [5, 5.41) is 3.35. The third kappa shape index (κ3) is 4.11. The monoisotopic (exact) mass is 271 g/mol. The Labute approximate surface area is 119 Å². The molecule has 2 aromatic rings. The van der Waals surface area contributed by atoms with E-state index in [1.54, 1.807) is 7.11 Å². The number of rotatable bonds is 7. The maximum absolute atomic E-state index is 5.02. The highest BCUT2D eigenvalue weighted by molar-refractivity contribution is 5.74. The van der Waals surface area contributed by atoms with Crippen molar-refractivity contribution in [3.63, 3.8) is 0 Å². The van der Waals surface area contributed by atoms with Gasteiger partial charge in [0.05, 0.1) is 29.5 Å². The van der Waals surface area contributed by atoms with Crippen molar-refractivity contribution in [3.05, 3.63) is 41.7 Å². The molecular formula is C16H21N3O. The number of nitrogens with one attached hydrogen (secondary N) is 1. The van der Waals surface area contributed by atoms with Crippen molar-refractivity contribution < 1.29 is 4.74 Å². The third-order valence-corrected chi connectivity index (χ3v) is 3.11. The van der Waals surface area contributed by atoms with Crippen LogP contribution in [0.4, 0.5) is 0 Å². The predicted molar refractivity (Wildman–Crippen MR) is 82.6 cm³/mol. The Morgan fingerprint density at radius 3 is 2.85 bits per heavy atom. The van der Waals surface area contributed by atoms with E-state index in [2.05, 4.69) is 28.3 Å². The molecule has 0 unspecified atom stereocenters. The lowest BCUT2D eigenvalue weighted by Gasteiger charge is -2.07. The Morgan fingerprint density at radius 1 is 1.30 bits per heavy atom. The first kappa shape index (κ1) is 14.6. The van der Waals surface area contributed by atoms with E-state index in [-0.39, 0.29) is 0 Å². The van der Waals surface area contributed by atoms with Crippen LogP contribution < -0.4 is 5.32 Å². The first-order valence-corrected chi connectivity index (χ1v) is 6.94. The number of hydrogen-bond acceptors (Lipinski definition) is 4. The van der Waals surface area contributed by atoms with Crippen LogP contribution in [0.1, 0.15) is 19.0 Å². The molecule has 4 heteroatoms. The van der Waals surface area contributed by atoms with Gasteiger partial charge in [-0.25, -0.2) is 4.98 Å². The van der Waals surface area contributed by atoms with Gasteiger partial charge in [0.25, 0.3) is 0 Å². The summed E-state index contributed by atoms with van der Waals surface area (Å²) in [5.41, 5.74) is 4.09. The van der Waals surface area contributed by atoms with Gasteiger partial charge in [-0.05, 0) is 24.6 Å². The number of ether oxygens (including phenoxy) is 1. The molecule has 0 saturated heterocycles. The van der Waals surface area contributed by atoms with Crippen LogP contribution in [0.3, 0.4) is 0 Å². The van der Waals surface area contributed by atoms with Crippen molar-refractivity contribution in [1.29, 1.82) is 0 Å². The van der Waals surface area contributed by atoms with Crippen molar-refractivity contribution >= 4 is 17.1 Å². The summed E-state index contributed by atoms with van der Waals surface area (Å²) in [6, 6.07) is 7.92. The molecule has 0 bridgehead atoms. The van der Waals surface area contributed by atoms with E-state index in [9.17, 15) is 0 Å². The molecule has 0 amide bonds. The van der Waals surface area contributed by atoms with Gasteiger partial charge in [-0.3, -0.25) is 4.98 Å². The summed E-state index contributed by atoms with van der Waals surface area (Å²) in [4.78, 5) is 9.05. The number of fused-ring (bicyclic) bond motifs is 1. The van der Waals surface area contributed by atoms with Gasteiger partial charge in [-0.2, -0.15) is 0 Å². The molecule has 0 radical (unpaired) electrons. The molecule has 0 aliphatic carbocycles. The highest BCUT2D eigenvalue weighted by Gasteiger charge is 1.99. The summed E-state index contributed by atoms with van der Waals surface area (Å²) < 4.78 is 5.02. The third-order valence-electron chi connectivity index (χ3n) is 3.11. The fourth-order valence-electron chi connectivity index (χ4n) is 1.95. The molecule has 1 aromatic heterocycles. The predicted octanol–water partition coefficient (Wildman–Crippen LogP) is 2.66. The highest BCUT2D eigenvalue weighted by atomic mass is 16.5. The van der Waals surface area contributed by atoms with Gasteiger partial charge in [-0.1, -0.05) is 24.6 Å². The van der Waals surface area contributed by atoms with Gasteiger partial charge in [0.1, 0.15) is 0 Å². The molecule has 0 aliphatic rings. The number of hydrogen-bond donors (Lipinski definition) is 1. The van der Waals surface area contributed by atoms with E-state index in [0.29, 0.717) is 0 Å². The van der Waals surface area contributed by atoms with E-state index in [0.717, 1.165) is 42.8 Å². The molecule has 0 fully saturated rings. The van der Waals surface area contributed by atoms with Crippen LogP contribution in [0.25, 0.3) is 17.1 Å². The van der Waals surface area contributed by atoms with E-state index in [1.165, 1.54) is 5.57 Å². The average Bonchev–Trinajstić information content (AvgIpc) is 2.50. The number of methoxy groups -OCH3 is 1. The van der Waals surface area contributed by atoms with E-state index >= 15 is 0 Å². The highest BCUT2D eigenvalue weighted by Crippen LogP contribution is 2.11. The van der Waals surface area contributed by atoms with Crippen LogP contribution in [-0.4, -0.2) is 36.8 Å². The summed E-state index contributed by atoms with van der Waals surface area (Å²) in [6.45, 7) is 4.59. The Balaban J connectivity index is 2.08. The van der Waals surface area contributed by atoms with Gasteiger partial charge >= 0.3 is 0 Å². The second kappa shape index (κ2) is 7.72. The Morgan fingerprint density at radius 2 is 2.10 bits per heavy atom. The number of benzene rings is 1. The molecule has 0 aliphatic heterocycles. The minimum atomic E-state index is 0.729. The number of nitrogens with zero attached hydrogens (tertiary/aromatic N) is 2. The SMILES string of the molecule is CCC(=Cc1cnc2ccccc2n1)CNCCOC. The zero-order chi connectivity index (χ0) is 14.2. The van der Waals surface area contributed by atoms with Gasteiger partial charge in [-0.15, -0.1) is 0 Å². The van der Waals surface area contributed by atoms with Gasteiger partial charge in [0, 0.05) is 20.2 Å². The molecule has 0 spiro atoms. The molecule has 106 valence electrons. The Kier molecular flexibility index (Phi) is 5.65. The van der Waals surface area contributed by atoms with Crippen LogP contribution >= 0.6 is 0 Å². The first-order valence-electron chi connectivity index (χ1n) is 6.94. The smallest absolute Gasteiger partial charge is 0.0894 e. The van der Waals surface area contributed by atoms with E-state index in [4.69, 9.17) is 4.74 Å². The molecule has 2 rings (SSSR count). The lowest BCUT2D eigenvalue weighted by molar-refractivity contribution is 0.200. The van der Waals surface area contributed by atoms with Gasteiger partial charge in [0.15, 0.2) is 0 Å². The van der Waals surface area contributed by atoms with Crippen molar-refractivity contribution in [2.75, 3.05) is 26.8 Å². The lowest BCUT2D eigenvalue weighted by Crippen LogP contribution is -2.21. The van der Waals surface area contributed by atoms with Crippen molar-refractivity contribution in [3.8, 4) is 0 Å². The summed E-state index contributed by atoms with van der Waals surface area (Å²) in [7, 11) is 1.71. The lowest BCUT2D eigenvalue weighted by atomic mass is 10.1. The molecule has 4 nitrogen and oxygen atoms in total. The second-order valence-electron chi connectivity index (χ2n) is 4.61. The minimum absolute atomic E-state index is 0.729. The first-order chi connectivity index (χ1) is 9.83. The fraction of sp³-hybridized carbons (Fsp3) is 0.375. The zero-order valence-corrected chi connectivity index (χ0v) is 12.1. The van der Waals surface area contributed by atoms with Crippen LogP contribution in [0.2, 0.25) is 0 Å². The Hall–Kier alpha value is -1.78. The standard InChI is InChI=1S/C16H21N3O/c1-3-13(11-17-8-9-20-2)10-14-12-18-15-6-4-5-7-16(15)19-14/h4-7,10,12,17H,3,8-9,11H2,1-2H3. The van der Waals surface area contributed by atoms with Crippen molar-refractivity contribution in [2.24, 2.45) is 0 Å². The second-order valence-corrected chi connectivity index (χ2v) is 4.61. The van der Waals surface area contributed by atoms with E-state index < -0.39 is 0 Å². The topological polar surface area (TPSA) is 47.0 Å². The molecule has 1 aromatic carbocycles. The zero-order valence-electron chi connectivity index (χ0n) is 12.1. The van der Waals surface area contributed by atoms with Crippen molar-refractivity contribution in [2.45, 2.75) is 13.3 Å². The van der Waals surface area contributed by atoms with Gasteiger partial charge < -0.3 is 10.1 Å². The van der Waals surface area contributed by atoms with Crippen molar-refractivity contribution in [1.82, 2.24) is 15.3 Å². The fourth-order valence-corrected chi connectivity index (χ4v) is 1.95.